The van der Waals surface area contributed by atoms with Crippen molar-refractivity contribution in [2.75, 3.05) is 17.7 Å². The lowest BCUT2D eigenvalue weighted by atomic mass is 10.1. The number of ether oxygens (including phenoxy) is 1. The molecule has 50 heavy (non-hydrogen) atoms. The topological polar surface area (TPSA) is 136 Å². The van der Waals surface area contributed by atoms with Crippen molar-refractivity contribution in [3.05, 3.63) is 156 Å². The van der Waals surface area contributed by atoms with Crippen molar-refractivity contribution in [1.29, 1.82) is 0 Å². The highest BCUT2D eigenvalue weighted by molar-refractivity contribution is 8.00. The number of nitrogens with one attached hydrogen (secondary N) is 3. The predicted molar refractivity (Wildman–Crippen MR) is 193 cm³/mol. The molecular formula is C39H32N4O6S. The van der Waals surface area contributed by atoms with Gasteiger partial charge in [-0.05, 0) is 73.2 Å². The van der Waals surface area contributed by atoms with E-state index in [1.165, 1.54) is 17.8 Å². The molecule has 11 heteroatoms. The van der Waals surface area contributed by atoms with E-state index in [4.69, 9.17) is 13.7 Å². The molecule has 6 aromatic rings. The molecule has 1 atom stereocenters. The van der Waals surface area contributed by atoms with Gasteiger partial charge < -0.3 is 29.6 Å². The van der Waals surface area contributed by atoms with Gasteiger partial charge in [0, 0.05) is 28.3 Å². The van der Waals surface area contributed by atoms with Crippen molar-refractivity contribution >= 4 is 47.1 Å². The van der Waals surface area contributed by atoms with Gasteiger partial charge in [0.1, 0.15) is 34.0 Å². The number of benzene rings is 4. The summed E-state index contributed by atoms with van der Waals surface area (Å²) < 4.78 is 16.6. The summed E-state index contributed by atoms with van der Waals surface area (Å²) in [6.07, 6.45) is 1.47. The third kappa shape index (κ3) is 8.38. The van der Waals surface area contributed by atoms with E-state index >= 15 is 0 Å². The van der Waals surface area contributed by atoms with Gasteiger partial charge in [0.2, 0.25) is 5.91 Å². The zero-order valence-corrected chi connectivity index (χ0v) is 27.9. The van der Waals surface area contributed by atoms with Crippen LogP contribution in [-0.4, -0.2) is 30.0 Å². The van der Waals surface area contributed by atoms with E-state index in [2.05, 4.69) is 21.1 Å². The molecule has 0 aliphatic heterocycles. The van der Waals surface area contributed by atoms with E-state index in [-0.39, 0.29) is 11.6 Å². The number of methoxy groups -OCH3 is 1. The van der Waals surface area contributed by atoms with Crippen LogP contribution in [-0.2, 0) is 9.59 Å². The van der Waals surface area contributed by atoms with Gasteiger partial charge in [-0.15, -0.1) is 11.8 Å². The van der Waals surface area contributed by atoms with Gasteiger partial charge in [0.25, 0.3) is 11.8 Å². The number of para-hydroxylation sites is 1. The van der Waals surface area contributed by atoms with Gasteiger partial charge >= 0.3 is 0 Å². The number of hydrogen-bond acceptors (Lipinski definition) is 8. The lowest BCUT2D eigenvalue weighted by molar-refractivity contribution is -0.116. The Morgan fingerprint density at radius 3 is 2.22 bits per heavy atom. The number of hydrogen-bond donors (Lipinski definition) is 3. The molecule has 0 saturated carbocycles. The van der Waals surface area contributed by atoms with Gasteiger partial charge in [-0.3, -0.25) is 14.4 Å². The number of thioether (sulfide) groups is 1. The number of anilines is 2. The fourth-order valence-electron chi connectivity index (χ4n) is 4.98. The summed E-state index contributed by atoms with van der Waals surface area (Å²) in [6, 6.07) is 37.6. The second-order valence-corrected chi connectivity index (χ2v) is 12.2. The van der Waals surface area contributed by atoms with Crippen LogP contribution in [0, 0.1) is 6.92 Å². The summed E-state index contributed by atoms with van der Waals surface area (Å²) in [5.41, 5.74) is 2.39. The Kier molecular flexibility index (Phi) is 10.5. The van der Waals surface area contributed by atoms with Gasteiger partial charge in [0.15, 0.2) is 5.82 Å². The third-order valence-corrected chi connectivity index (χ3v) is 8.67. The number of amides is 3. The Labute approximate surface area is 292 Å². The Morgan fingerprint density at radius 1 is 0.820 bits per heavy atom. The highest BCUT2D eigenvalue weighted by atomic mass is 32.2. The zero-order chi connectivity index (χ0) is 34.9. The SMILES string of the molecule is COc1ccccc1-c1ccc(/C=C(\NC(=O)c2ccccc2)C(=O)Nc2ccc(S[C@H](C(=O)Nc3cc(C)on3)c3ccccc3)cc2)o1. The molecule has 2 aromatic heterocycles. The van der Waals surface area contributed by atoms with Gasteiger partial charge in [-0.2, -0.15) is 0 Å². The van der Waals surface area contributed by atoms with Crippen LogP contribution in [0.25, 0.3) is 17.4 Å². The first-order chi connectivity index (χ1) is 24.4. The average molecular weight is 685 g/mol. The van der Waals surface area contributed by atoms with Crippen molar-refractivity contribution in [3.63, 3.8) is 0 Å². The highest BCUT2D eigenvalue weighted by Gasteiger charge is 2.23. The summed E-state index contributed by atoms with van der Waals surface area (Å²) in [7, 11) is 1.58. The highest BCUT2D eigenvalue weighted by Crippen LogP contribution is 2.37. The first-order valence-corrected chi connectivity index (χ1v) is 16.4. The van der Waals surface area contributed by atoms with Crippen LogP contribution < -0.4 is 20.7 Å². The van der Waals surface area contributed by atoms with Crippen LogP contribution in [0.1, 0.15) is 32.7 Å². The molecule has 0 radical (unpaired) electrons. The van der Waals surface area contributed by atoms with E-state index in [9.17, 15) is 14.4 Å². The molecule has 0 unspecified atom stereocenters. The van der Waals surface area contributed by atoms with Crippen LogP contribution in [0.15, 0.2) is 147 Å². The average Bonchev–Trinajstić information content (AvgIpc) is 3.79. The maximum absolute atomic E-state index is 13.6. The number of carbonyl (C=O) groups excluding carboxylic acids is 3. The van der Waals surface area contributed by atoms with E-state index in [0.29, 0.717) is 40.1 Å². The van der Waals surface area contributed by atoms with Gasteiger partial charge in [0.05, 0.1) is 12.7 Å². The number of aromatic nitrogens is 1. The maximum atomic E-state index is 13.6. The molecule has 0 fully saturated rings. The van der Waals surface area contributed by atoms with E-state index < -0.39 is 17.1 Å². The molecular weight excluding hydrogens is 653 g/mol. The zero-order valence-electron chi connectivity index (χ0n) is 27.1. The monoisotopic (exact) mass is 684 g/mol. The molecule has 0 spiro atoms. The quantitative estimate of drug-likeness (QED) is 0.0869. The standard InChI is InChI=1S/C39H32N4O6S/c1-25-23-35(43-49-25)42-39(46)36(26-11-5-3-6-12-26)50-30-20-17-28(18-21-30)40-38(45)32(41-37(44)27-13-7-4-8-14-27)24-29-19-22-34(48-29)31-15-9-10-16-33(31)47-2/h3-24,36H,1-2H3,(H,40,45)(H,41,44)(H,42,43,46)/b32-24-/t36-/m0/s1. The molecule has 0 saturated heterocycles. The number of aryl methyl sites for hydroxylation is 1. The first-order valence-electron chi connectivity index (χ1n) is 15.5. The minimum atomic E-state index is -0.592. The van der Waals surface area contributed by atoms with Crippen molar-refractivity contribution in [3.8, 4) is 17.1 Å². The van der Waals surface area contributed by atoms with Crippen LogP contribution in [0.2, 0.25) is 0 Å². The normalized spacial score (nSPS) is 11.8. The van der Waals surface area contributed by atoms with Crippen LogP contribution >= 0.6 is 11.8 Å². The number of furan rings is 1. The summed E-state index contributed by atoms with van der Waals surface area (Å²) >= 11 is 1.35. The van der Waals surface area contributed by atoms with Crippen molar-refractivity contribution in [2.45, 2.75) is 17.1 Å². The second kappa shape index (κ2) is 15.7. The maximum Gasteiger partial charge on any atom is 0.272 e. The molecule has 0 aliphatic rings. The van der Waals surface area contributed by atoms with Gasteiger partial charge in [-0.25, -0.2) is 0 Å². The van der Waals surface area contributed by atoms with Crippen molar-refractivity contribution in [2.24, 2.45) is 0 Å². The van der Waals surface area contributed by atoms with Crippen molar-refractivity contribution in [1.82, 2.24) is 10.5 Å². The summed E-state index contributed by atoms with van der Waals surface area (Å²) in [5.74, 6) is 1.16. The van der Waals surface area contributed by atoms with Crippen LogP contribution in [0.4, 0.5) is 11.5 Å². The lowest BCUT2D eigenvalue weighted by Gasteiger charge is -2.16. The summed E-state index contributed by atoms with van der Waals surface area (Å²) in [5, 5.41) is 11.7. The molecule has 0 bridgehead atoms. The van der Waals surface area contributed by atoms with E-state index in [0.717, 1.165) is 16.0 Å². The molecule has 0 aliphatic carbocycles. The van der Waals surface area contributed by atoms with E-state index in [1.807, 2.05) is 66.7 Å². The first kappa shape index (κ1) is 33.6. The molecule has 250 valence electrons. The smallest absolute Gasteiger partial charge is 0.272 e. The third-order valence-electron chi connectivity index (χ3n) is 7.40. The minimum absolute atomic E-state index is 0.0258. The predicted octanol–water partition coefficient (Wildman–Crippen LogP) is 8.13. The Morgan fingerprint density at radius 2 is 1.52 bits per heavy atom. The van der Waals surface area contributed by atoms with Gasteiger partial charge in [-0.1, -0.05) is 65.8 Å². The fraction of sp³-hybridized carbons (Fsp3) is 0.0769. The molecule has 4 aromatic carbocycles. The largest absolute Gasteiger partial charge is 0.496 e. The van der Waals surface area contributed by atoms with Crippen LogP contribution in [0.5, 0.6) is 5.75 Å². The Bertz CT molecular complexity index is 2120. The molecule has 3 N–H and O–H groups in total. The van der Waals surface area contributed by atoms with Crippen LogP contribution in [0.3, 0.4) is 0 Å². The van der Waals surface area contributed by atoms with Crippen molar-refractivity contribution < 1.29 is 28.1 Å². The lowest BCUT2D eigenvalue weighted by Crippen LogP contribution is -2.30. The molecule has 3 amide bonds. The number of rotatable bonds is 12. The Hall–Kier alpha value is -6.33. The Balaban J connectivity index is 1.21. The number of carbonyl (C=O) groups is 3. The molecule has 2 heterocycles. The summed E-state index contributed by atoms with van der Waals surface area (Å²) in [6.45, 7) is 1.75. The van der Waals surface area contributed by atoms with E-state index in [1.54, 1.807) is 74.7 Å². The second-order valence-electron chi connectivity index (χ2n) is 11.0. The fourth-order valence-corrected chi connectivity index (χ4v) is 6.00. The number of nitrogens with zero attached hydrogens (tertiary/aromatic N) is 1. The minimum Gasteiger partial charge on any atom is -0.496 e. The molecule has 10 nitrogen and oxygen atoms in total. The molecule has 6 rings (SSSR count). The summed E-state index contributed by atoms with van der Waals surface area (Å²) in [4.78, 5) is 40.9.